The minimum atomic E-state index is -0.0822. The average Bonchev–Trinajstić information content (AvgIpc) is 3.25. The van der Waals surface area contributed by atoms with Gasteiger partial charge in [0.1, 0.15) is 15.5 Å². The van der Waals surface area contributed by atoms with Crippen LogP contribution in [0.1, 0.15) is 25.3 Å². The number of nitrogens with zero attached hydrogens (tertiary/aromatic N) is 3. The molecule has 0 spiro atoms. The molecule has 0 aliphatic rings. The quantitative estimate of drug-likeness (QED) is 0.292. The molecule has 0 bridgehead atoms. The summed E-state index contributed by atoms with van der Waals surface area (Å²) in [6, 6.07) is 15.4. The topological polar surface area (TPSA) is 47.4 Å². The van der Waals surface area contributed by atoms with Crippen LogP contribution in [0.25, 0.3) is 26.5 Å². The second kappa shape index (κ2) is 10.5. The Bertz CT molecular complexity index is 1300. The summed E-state index contributed by atoms with van der Waals surface area (Å²) in [4.78, 5) is 20.3. The van der Waals surface area contributed by atoms with Crippen molar-refractivity contribution in [1.29, 1.82) is 0 Å². The number of hydrogen-bond acceptors (Lipinski definition) is 5. The molecule has 0 N–H and O–H groups in total. The summed E-state index contributed by atoms with van der Waals surface area (Å²) in [5.74, 6) is 0.809. The Kier molecular flexibility index (Phi) is 7.48. The van der Waals surface area contributed by atoms with Crippen molar-refractivity contribution in [1.82, 2.24) is 14.5 Å². The predicted octanol–water partition coefficient (Wildman–Crippen LogP) is 6.05. The lowest BCUT2D eigenvalue weighted by Crippen LogP contribution is -2.20. The largest absolute Gasteiger partial charge is 0.496 e. The van der Waals surface area contributed by atoms with Gasteiger partial charge in [-0.15, -0.1) is 11.3 Å². The standard InChI is InChI=1S/C26H28ClN3O2S/c1-4-14-29(2)15-5-6-18-9-12-21(17-23(18)32-3)30-16-13-22-24(26(30)31)33-25(28-22)19-7-10-20(27)11-8-19/h7-13,16-17H,4-6,14-15H2,1-3H3. The van der Waals surface area contributed by atoms with E-state index in [0.717, 1.165) is 59.9 Å². The van der Waals surface area contributed by atoms with E-state index in [0.29, 0.717) is 15.2 Å². The Balaban J connectivity index is 1.61. The van der Waals surface area contributed by atoms with Gasteiger partial charge in [-0.25, -0.2) is 4.98 Å². The molecule has 0 saturated heterocycles. The van der Waals surface area contributed by atoms with Crippen LogP contribution >= 0.6 is 22.9 Å². The highest BCUT2D eigenvalue weighted by Crippen LogP contribution is 2.30. The van der Waals surface area contributed by atoms with Gasteiger partial charge in [-0.3, -0.25) is 9.36 Å². The number of aromatic nitrogens is 2. The van der Waals surface area contributed by atoms with E-state index in [-0.39, 0.29) is 5.56 Å². The smallest absolute Gasteiger partial charge is 0.274 e. The number of benzene rings is 2. The number of pyridine rings is 1. The fourth-order valence-corrected chi connectivity index (χ4v) is 5.08. The Morgan fingerprint density at radius 1 is 1.12 bits per heavy atom. The Morgan fingerprint density at radius 3 is 2.64 bits per heavy atom. The normalized spacial score (nSPS) is 11.4. The number of aryl methyl sites for hydroxylation is 1. The zero-order valence-corrected chi connectivity index (χ0v) is 20.7. The third-order valence-corrected chi connectivity index (χ3v) is 7.04. The number of thiazole rings is 1. The molecule has 4 rings (SSSR count). The zero-order chi connectivity index (χ0) is 23.4. The molecule has 0 amide bonds. The van der Waals surface area contributed by atoms with Crippen LogP contribution in [0.15, 0.2) is 59.5 Å². The van der Waals surface area contributed by atoms with Crippen molar-refractivity contribution in [3.63, 3.8) is 0 Å². The molecule has 0 atom stereocenters. The highest BCUT2D eigenvalue weighted by molar-refractivity contribution is 7.21. The van der Waals surface area contributed by atoms with Crippen molar-refractivity contribution >= 4 is 33.2 Å². The molecule has 0 unspecified atom stereocenters. The van der Waals surface area contributed by atoms with Gasteiger partial charge in [0.15, 0.2) is 0 Å². The second-order valence-corrected chi connectivity index (χ2v) is 9.57. The lowest BCUT2D eigenvalue weighted by atomic mass is 10.1. The van der Waals surface area contributed by atoms with Crippen molar-refractivity contribution in [2.24, 2.45) is 0 Å². The molecule has 7 heteroatoms. The maximum absolute atomic E-state index is 13.3. The van der Waals surface area contributed by atoms with Crippen molar-refractivity contribution in [3.05, 3.63) is 75.7 Å². The van der Waals surface area contributed by atoms with Crippen LogP contribution < -0.4 is 10.3 Å². The third-order valence-electron chi connectivity index (χ3n) is 5.68. The number of fused-ring (bicyclic) bond motifs is 1. The molecule has 0 radical (unpaired) electrons. The summed E-state index contributed by atoms with van der Waals surface area (Å²) in [6.07, 6.45) is 4.94. The van der Waals surface area contributed by atoms with Gasteiger partial charge in [0.25, 0.3) is 5.56 Å². The summed E-state index contributed by atoms with van der Waals surface area (Å²) in [7, 11) is 3.84. The molecule has 172 valence electrons. The summed E-state index contributed by atoms with van der Waals surface area (Å²) in [5.41, 5.74) is 3.50. The van der Waals surface area contributed by atoms with E-state index < -0.39 is 0 Å². The Hall–Kier alpha value is -2.67. The first-order valence-electron chi connectivity index (χ1n) is 11.1. The minimum Gasteiger partial charge on any atom is -0.496 e. The van der Waals surface area contributed by atoms with Crippen molar-refractivity contribution in [2.75, 3.05) is 27.2 Å². The van der Waals surface area contributed by atoms with E-state index in [1.165, 1.54) is 11.3 Å². The van der Waals surface area contributed by atoms with E-state index in [2.05, 4.69) is 29.9 Å². The van der Waals surface area contributed by atoms with Crippen molar-refractivity contribution in [3.8, 4) is 22.0 Å². The highest BCUT2D eigenvalue weighted by Gasteiger charge is 2.13. The van der Waals surface area contributed by atoms with Gasteiger partial charge >= 0.3 is 0 Å². The Morgan fingerprint density at radius 2 is 1.91 bits per heavy atom. The third kappa shape index (κ3) is 5.29. The summed E-state index contributed by atoms with van der Waals surface area (Å²) >= 11 is 7.40. The van der Waals surface area contributed by atoms with Gasteiger partial charge in [0.05, 0.1) is 18.3 Å². The highest BCUT2D eigenvalue weighted by atomic mass is 35.5. The van der Waals surface area contributed by atoms with E-state index in [1.54, 1.807) is 17.9 Å². The zero-order valence-electron chi connectivity index (χ0n) is 19.2. The first kappa shape index (κ1) is 23.5. The van der Waals surface area contributed by atoms with Gasteiger partial charge in [0, 0.05) is 22.8 Å². The van der Waals surface area contributed by atoms with Crippen LogP contribution in [0.3, 0.4) is 0 Å². The first-order chi connectivity index (χ1) is 16.0. The molecular formula is C26H28ClN3O2S. The van der Waals surface area contributed by atoms with Crippen LogP contribution in [-0.4, -0.2) is 41.7 Å². The monoisotopic (exact) mass is 481 g/mol. The number of halogens is 1. The van der Waals surface area contributed by atoms with Gasteiger partial charge in [-0.1, -0.05) is 36.7 Å². The molecule has 0 saturated carbocycles. The lowest BCUT2D eigenvalue weighted by Gasteiger charge is -2.16. The summed E-state index contributed by atoms with van der Waals surface area (Å²) < 4.78 is 7.95. The number of ether oxygens (including phenoxy) is 1. The maximum atomic E-state index is 13.3. The molecule has 2 heterocycles. The maximum Gasteiger partial charge on any atom is 0.274 e. The van der Waals surface area contributed by atoms with Gasteiger partial charge < -0.3 is 9.64 Å². The SMILES string of the molecule is CCCN(C)CCCc1ccc(-n2ccc3nc(-c4ccc(Cl)cc4)sc3c2=O)cc1OC. The molecule has 5 nitrogen and oxygen atoms in total. The fourth-order valence-electron chi connectivity index (χ4n) is 3.96. The molecule has 0 fully saturated rings. The first-order valence-corrected chi connectivity index (χ1v) is 12.3. The lowest BCUT2D eigenvalue weighted by molar-refractivity contribution is 0.329. The molecule has 4 aromatic rings. The van der Waals surface area contributed by atoms with Gasteiger partial charge in [-0.2, -0.15) is 0 Å². The van der Waals surface area contributed by atoms with E-state index in [4.69, 9.17) is 16.3 Å². The van der Waals surface area contributed by atoms with Gasteiger partial charge in [-0.05, 0) is 69.2 Å². The van der Waals surface area contributed by atoms with Gasteiger partial charge in [0.2, 0.25) is 0 Å². The van der Waals surface area contributed by atoms with Crippen LogP contribution in [0.4, 0.5) is 0 Å². The minimum absolute atomic E-state index is 0.0822. The number of methoxy groups -OCH3 is 1. The number of rotatable bonds is 9. The summed E-state index contributed by atoms with van der Waals surface area (Å²) in [6.45, 7) is 4.36. The molecule has 2 aromatic carbocycles. The molecule has 0 aliphatic heterocycles. The molecule has 2 aromatic heterocycles. The molecular weight excluding hydrogens is 454 g/mol. The second-order valence-electron chi connectivity index (χ2n) is 8.13. The van der Waals surface area contributed by atoms with Crippen LogP contribution in [0.5, 0.6) is 5.75 Å². The summed E-state index contributed by atoms with van der Waals surface area (Å²) in [5, 5.41) is 1.48. The van der Waals surface area contributed by atoms with Crippen LogP contribution in [-0.2, 0) is 6.42 Å². The fraction of sp³-hybridized carbons (Fsp3) is 0.308. The Labute approximate surface area is 203 Å². The van der Waals surface area contributed by atoms with E-state index in [1.807, 2.05) is 42.5 Å². The predicted molar refractivity (Wildman–Crippen MR) is 138 cm³/mol. The van der Waals surface area contributed by atoms with Crippen molar-refractivity contribution < 1.29 is 4.74 Å². The van der Waals surface area contributed by atoms with E-state index >= 15 is 0 Å². The van der Waals surface area contributed by atoms with Crippen molar-refractivity contribution in [2.45, 2.75) is 26.2 Å². The van der Waals surface area contributed by atoms with Crippen LogP contribution in [0.2, 0.25) is 5.02 Å². The number of hydrogen-bond donors (Lipinski definition) is 0. The van der Waals surface area contributed by atoms with E-state index in [9.17, 15) is 4.79 Å². The average molecular weight is 482 g/mol. The molecule has 33 heavy (non-hydrogen) atoms. The van der Waals surface area contributed by atoms with Crippen LogP contribution in [0, 0.1) is 0 Å². The molecule has 0 aliphatic carbocycles.